The van der Waals surface area contributed by atoms with Crippen LogP contribution >= 0.6 is 0 Å². The molecular weight excluding hydrogens is 108 g/mol. The van der Waals surface area contributed by atoms with Gasteiger partial charge in [0, 0.05) is 7.05 Å². The SMILES string of the molecule is CNC(=O)OCC#N. The summed E-state index contributed by atoms with van der Waals surface area (Å²) in [5, 5.41) is 10.0. The number of nitrogens with one attached hydrogen (secondary N) is 1. The molecule has 0 saturated carbocycles. The fourth-order valence-corrected chi connectivity index (χ4v) is 0.170. The molecular formula is C4H6N2O2. The smallest absolute Gasteiger partial charge is 0.407 e. The van der Waals surface area contributed by atoms with Gasteiger partial charge < -0.3 is 10.1 Å². The normalized spacial score (nSPS) is 7.00. The maximum Gasteiger partial charge on any atom is 0.407 e. The molecule has 4 heteroatoms. The first-order chi connectivity index (χ1) is 3.81. The van der Waals surface area contributed by atoms with Gasteiger partial charge in [0.05, 0.1) is 0 Å². The second-order valence-corrected chi connectivity index (χ2v) is 0.984. The zero-order chi connectivity index (χ0) is 6.41. The molecule has 0 spiro atoms. The lowest BCUT2D eigenvalue weighted by molar-refractivity contribution is 0.162. The van der Waals surface area contributed by atoms with E-state index in [0.29, 0.717) is 0 Å². The summed E-state index contributed by atoms with van der Waals surface area (Å²) in [6.45, 7) is -0.195. The Bertz CT molecular complexity index is 116. The minimum atomic E-state index is -0.577. The molecule has 0 aliphatic heterocycles. The van der Waals surface area contributed by atoms with Crippen LogP contribution in [0.1, 0.15) is 0 Å². The molecule has 0 saturated heterocycles. The van der Waals surface area contributed by atoms with E-state index in [4.69, 9.17) is 5.26 Å². The summed E-state index contributed by atoms with van der Waals surface area (Å²) in [5.74, 6) is 0. The average Bonchev–Trinajstić information content (AvgIpc) is 1.83. The number of ether oxygens (including phenoxy) is 1. The standard InChI is InChI=1S/C4H6N2O2/c1-6-4(7)8-3-2-5/h3H2,1H3,(H,6,7). The van der Waals surface area contributed by atoms with E-state index in [0.717, 1.165) is 0 Å². The van der Waals surface area contributed by atoms with Crippen molar-refractivity contribution >= 4 is 6.09 Å². The summed E-state index contributed by atoms with van der Waals surface area (Å²) in [4.78, 5) is 10.1. The van der Waals surface area contributed by atoms with Crippen molar-refractivity contribution in [3.05, 3.63) is 0 Å². The van der Waals surface area contributed by atoms with Crippen LogP contribution in [0.2, 0.25) is 0 Å². The maximum absolute atomic E-state index is 10.1. The van der Waals surface area contributed by atoms with E-state index < -0.39 is 6.09 Å². The lowest BCUT2D eigenvalue weighted by Crippen LogP contribution is -2.18. The largest absolute Gasteiger partial charge is 0.434 e. The molecule has 8 heavy (non-hydrogen) atoms. The molecule has 44 valence electrons. The van der Waals surface area contributed by atoms with Gasteiger partial charge in [-0.25, -0.2) is 4.79 Å². The van der Waals surface area contributed by atoms with Gasteiger partial charge in [0.2, 0.25) is 0 Å². The van der Waals surface area contributed by atoms with Crippen molar-refractivity contribution in [2.24, 2.45) is 0 Å². The predicted molar refractivity (Wildman–Crippen MR) is 26.0 cm³/mol. The zero-order valence-corrected chi connectivity index (χ0v) is 4.47. The van der Waals surface area contributed by atoms with Crippen LogP contribution in [0.5, 0.6) is 0 Å². The first-order valence-corrected chi connectivity index (χ1v) is 2.02. The molecule has 0 aromatic rings. The van der Waals surface area contributed by atoms with Crippen LogP contribution in [0.3, 0.4) is 0 Å². The van der Waals surface area contributed by atoms with Gasteiger partial charge in [-0.05, 0) is 0 Å². The monoisotopic (exact) mass is 114 g/mol. The van der Waals surface area contributed by atoms with Gasteiger partial charge in [-0.1, -0.05) is 0 Å². The summed E-state index contributed by atoms with van der Waals surface area (Å²) in [6, 6.07) is 1.65. The summed E-state index contributed by atoms with van der Waals surface area (Å²) in [5.41, 5.74) is 0. The molecule has 4 nitrogen and oxygen atoms in total. The number of carbonyl (C=O) groups is 1. The molecule has 0 heterocycles. The van der Waals surface area contributed by atoms with E-state index in [9.17, 15) is 4.79 Å². The minimum Gasteiger partial charge on any atom is -0.434 e. The Morgan fingerprint density at radius 3 is 3.00 bits per heavy atom. The van der Waals surface area contributed by atoms with E-state index in [-0.39, 0.29) is 6.61 Å². The number of carbonyl (C=O) groups excluding carboxylic acids is 1. The molecule has 1 N–H and O–H groups in total. The molecule has 0 unspecified atom stereocenters. The predicted octanol–water partition coefficient (Wildman–Crippen LogP) is -0.134. The van der Waals surface area contributed by atoms with Crippen LogP contribution in [0, 0.1) is 11.3 Å². The van der Waals surface area contributed by atoms with Crippen molar-refractivity contribution in [2.75, 3.05) is 13.7 Å². The van der Waals surface area contributed by atoms with Crippen LogP contribution in [-0.4, -0.2) is 19.7 Å². The van der Waals surface area contributed by atoms with Gasteiger partial charge in [-0.3, -0.25) is 0 Å². The highest BCUT2D eigenvalue weighted by molar-refractivity contribution is 5.66. The topological polar surface area (TPSA) is 62.1 Å². The van der Waals surface area contributed by atoms with Crippen molar-refractivity contribution in [1.82, 2.24) is 5.32 Å². The van der Waals surface area contributed by atoms with E-state index in [1.54, 1.807) is 6.07 Å². The highest BCUT2D eigenvalue weighted by atomic mass is 16.5. The lowest BCUT2D eigenvalue weighted by Gasteiger charge is -1.94. The van der Waals surface area contributed by atoms with Gasteiger partial charge >= 0.3 is 6.09 Å². The van der Waals surface area contributed by atoms with Crippen molar-refractivity contribution < 1.29 is 9.53 Å². The zero-order valence-electron chi connectivity index (χ0n) is 4.47. The number of nitrogens with zero attached hydrogens (tertiary/aromatic N) is 1. The van der Waals surface area contributed by atoms with Gasteiger partial charge in [0.15, 0.2) is 6.61 Å². The Morgan fingerprint density at radius 1 is 2.00 bits per heavy atom. The Morgan fingerprint density at radius 2 is 2.62 bits per heavy atom. The highest BCUT2D eigenvalue weighted by Gasteiger charge is 1.92. The highest BCUT2D eigenvalue weighted by Crippen LogP contribution is 1.70. The Labute approximate surface area is 47.1 Å². The molecule has 0 aliphatic rings. The molecule has 0 aromatic heterocycles. The van der Waals surface area contributed by atoms with Crippen LogP contribution in [0.4, 0.5) is 4.79 Å². The minimum absolute atomic E-state index is 0.195. The van der Waals surface area contributed by atoms with E-state index >= 15 is 0 Å². The summed E-state index contributed by atoms with van der Waals surface area (Å²) < 4.78 is 4.23. The lowest BCUT2D eigenvalue weighted by atomic mass is 10.8. The van der Waals surface area contributed by atoms with E-state index in [2.05, 4.69) is 10.1 Å². The van der Waals surface area contributed by atoms with Crippen molar-refractivity contribution in [2.45, 2.75) is 0 Å². The molecule has 0 radical (unpaired) electrons. The summed E-state index contributed by atoms with van der Waals surface area (Å²) in [7, 11) is 1.43. The number of hydrogen-bond donors (Lipinski definition) is 1. The third-order valence-corrected chi connectivity index (χ3v) is 0.472. The fourth-order valence-electron chi connectivity index (χ4n) is 0.170. The second-order valence-electron chi connectivity index (χ2n) is 0.984. The van der Waals surface area contributed by atoms with Gasteiger partial charge in [0.1, 0.15) is 6.07 Å². The molecule has 0 rings (SSSR count). The third kappa shape index (κ3) is 2.97. The van der Waals surface area contributed by atoms with Crippen LogP contribution in [0.15, 0.2) is 0 Å². The Balaban J connectivity index is 3.15. The van der Waals surface area contributed by atoms with E-state index in [1.807, 2.05) is 0 Å². The second kappa shape index (κ2) is 3.93. The van der Waals surface area contributed by atoms with E-state index in [1.165, 1.54) is 7.05 Å². The third-order valence-electron chi connectivity index (χ3n) is 0.472. The number of rotatable bonds is 1. The first kappa shape index (κ1) is 6.76. The maximum atomic E-state index is 10.1. The molecule has 0 aromatic carbocycles. The number of nitriles is 1. The first-order valence-electron chi connectivity index (χ1n) is 2.02. The van der Waals surface area contributed by atoms with Crippen molar-refractivity contribution in [3.63, 3.8) is 0 Å². The molecule has 0 aliphatic carbocycles. The van der Waals surface area contributed by atoms with Crippen LogP contribution < -0.4 is 5.32 Å². The average molecular weight is 114 g/mol. The summed E-state index contributed by atoms with van der Waals surface area (Å²) in [6.07, 6.45) is -0.577. The number of hydrogen-bond acceptors (Lipinski definition) is 3. The number of amides is 1. The molecule has 1 amide bonds. The van der Waals surface area contributed by atoms with Crippen LogP contribution in [-0.2, 0) is 4.74 Å². The van der Waals surface area contributed by atoms with Gasteiger partial charge in [-0.2, -0.15) is 5.26 Å². The fraction of sp³-hybridized carbons (Fsp3) is 0.500. The number of alkyl carbamates (subject to hydrolysis) is 1. The Kier molecular flexibility index (Phi) is 3.32. The van der Waals surface area contributed by atoms with Crippen molar-refractivity contribution in [1.29, 1.82) is 5.26 Å². The molecule has 0 bridgehead atoms. The Hall–Kier alpha value is -1.24. The summed E-state index contributed by atoms with van der Waals surface area (Å²) >= 11 is 0. The molecule has 0 fully saturated rings. The molecule has 0 atom stereocenters. The van der Waals surface area contributed by atoms with Crippen LogP contribution in [0.25, 0.3) is 0 Å². The van der Waals surface area contributed by atoms with Crippen molar-refractivity contribution in [3.8, 4) is 6.07 Å². The quantitative estimate of drug-likeness (QED) is 0.516. The van der Waals surface area contributed by atoms with Gasteiger partial charge in [-0.15, -0.1) is 0 Å². The van der Waals surface area contributed by atoms with Gasteiger partial charge in [0.25, 0.3) is 0 Å².